The molecule has 4 aromatic rings. The molecule has 0 radical (unpaired) electrons. The number of amides is 2. The molecule has 3 aromatic carbocycles. The van der Waals surface area contributed by atoms with E-state index < -0.39 is 34.9 Å². The number of nitrogens with zero attached hydrogens (tertiary/aromatic N) is 1. The van der Waals surface area contributed by atoms with E-state index in [0.29, 0.717) is 11.6 Å². The Morgan fingerprint density at radius 3 is 2.29 bits per heavy atom. The van der Waals surface area contributed by atoms with Crippen LogP contribution in [0.5, 0.6) is 0 Å². The third kappa shape index (κ3) is 6.28. The number of aryl methyl sites for hydroxylation is 1. The lowest BCUT2D eigenvalue weighted by molar-refractivity contribution is -0.137. The minimum Gasteiger partial charge on any atom is -0.322 e. The Morgan fingerprint density at radius 2 is 1.63 bits per heavy atom. The summed E-state index contributed by atoms with van der Waals surface area (Å²) in [7, 11) is 0. The topological polar surface area (TPSA) is 54.0 Å². The molecule has 0 saturated heterocycles. The summed E-state index contributed by atoms with van der Waals surface area (Å²) in [4.78, 5) is 17.6. The van der Waals surface area contributed by atoms with Gasteiger partial charge in [0.15, 0.2) is 0 Å². The number of alkyl halides is 3. The molecule has 4 nitrogen and oxygen atoms in total. The zero-order valence-corrected chi connectivity index (χ0v) is 20.7. The van der Waals surface area contributed by atoms with Crippen molar-refractivity contribution in [2.45, 2.75) is 25.1 Å². The molecule has 0 spiro atoms. The molecule has 0 unspecified atom stereocenters. The van der Waals surface area contributed by atoms with Gasteiger partial charge in [-0.25, -0.2) is 13.6 Å². The summed E-state index contributed by atoms with van der Waals surface area (Å²) in [6.45, 7) is 1.83. The maximum atomic E-state index is 14.7. The fourth-order valence-corrected chi connectivity index (χ4v) is 4.31. The van der Waals surface area contributed by atoms with E-state index >= 15 is 0 Å². The average molecular weight is 546 g/mol. The molecule has 0 aliphatic heterocycles. The summed E-state index contributed by atoms with van der Waals surface area (Å²) in [5.74, 6) is -1.75. The van der Waals surface area contributed by atoms with Gasteiger partial charge in [-0.3, -0.25) is 4.98 Å². The van der Waals surface area contributed by atoms with Gasteiger partial charge < -0.3 is 10.6 Å². The average Bonchev–Trinajstić information content (AvgIpc) is 2.83. The summed E-state index contributed by atoms with van der Waals surface area (Å²) in [6.07, 6.45) is -3.68. The van der Waals surface area contributed by atoms with Crippen molar-refractivity contribution < 1.29 is 26.7 Å². The molecular weight excluding hydrogens is 525 g/mol. The fraction of sp³-hybridized carbons (Fsp3) is 0.143. The summed E-state index contributed by atoms with van der Waals surface area (Å²) in [5.41, 5.74) is -1.52. The van der Waals surface area contributed by atoms with E-state index in [2.05, 4.69) is 15.6 Å². The third-order valence-corrected chi connectivity index (χ3v) is 6.07. The van der Waals surface area contributed by atoms with E-state index in [1.54, 1.807) is 18.2 Å². The number of carbonyl (C=O) groups is 1. The molecule has 4 rings (SSSR count). The van der Waals surface area contributed by atoms with Crippen molar-refractivity contribution in [1.82, 2.24) is 10.3 Å². The highest BCUT2D eigenvalue weighted by atomic mass is 35.5. The second-order valence-corrected chi connectivity index (χ2v) is 9.19. The minimum atomic E-state index is -4.86. The molecule has 2 amide bonds. The van der Waals surface area contributed by atoms with Crippen LogP contribution in [0.4, 0.5) is 32.4 Å². The molecule has 0 aliphatic rings. The molecular formula is C28H21ClF5N3O. The Balaban J connectivity index is 1.92. The van der Waals surface area contributed by atoms with Crippen molar-refractivity contribution in [2.24, 2.45) is 0 Å². The first-order valence-electron chi connectivity index (χ1n) is 11.4. The fourth-order valence-electron chi connectivity index (χ4n) is 4.20. The maximum Gasteiger partial charge on any atom is 0.416 e. The van der Waals surface area contributed by atoms with Crippen LogP contribution in [-0.4, -0.2) is 11.0 Å². The van der Waals surface area contributed by atoms with E-state index in [1.807, 2.05) is 13.0 Å². The minimum absolute atomic E-state index is 0.0966. The number of hydrogen-bond acceptors (Lipinski definition) is 2. The Labute approximate surface area is 220 Å². The van der Waals surface area contributed by atoms with Gasteiger partial charge in [0.05, 0.1) is 16.3 Å². The van der Waals surface area contributed by atoms with E-state index in [1.165, 1.54) is 36.5 Å². The largest absolute Gasteiger partial charge is 0.416 e. The maximum absolute atomic E-state index is 14.7. The van der Waals surface area contributed by atoms with Crippen LogP contribution in [0, 0.1) is 18.6 Å². The lowest BCUT2D eigenvalue weighted by atomic mass is 9.79. The molecule has 0 aliphatic carbocycles. The van der Waals surface area contributed by atoms with Gasteiger partial charge in [0.1, 0.15) is 17.2 Å². The van der Waals surface area contributed by atoms with Gasteiger partial charge in [-0.1, -0.05) is 47.5 Å². The normalized spacial score (nSPS) is 13.0. The molecule has 1 aromatic heterocycles. The smallest absolute Gasteiger partial charge is 0.322 e. The van der Waals surface area contributed by atoms with Crippen LogP contribution in [0.2, 0.25) is 5.02 Å². The van der Waals surface area contributed by atoms with Crippen molar-refractivity contribution in [2.75, 3.05) is 5.32 Å². The van der Waals surface area contributed by atoms with Crippen LogP contribution in [0.15, 0.2) is 85.1 Å². The Hall–Kier alpha value is -3.98. The summed E-state index contributed by atoms with van der Waals surface area (Å²) >= 11 is 6.02. The molecule has 38 heavy (non-hydrogen) atoms. The number of rotatable bonds is 6. The van der Waals surface area contributed by atoms with E-state index in [4.69, 9.17) is 11.6 Å². The van der Waals surface area contributed by atoms with Gasteiger partial charge >= 0.3 is 12.2 Å². The number of halogens is 6. The van der Waals surface area contributed by atoms with Gasteiger partial charge in [-0.2, -0.15) is 13.2 Å². The van der Waals surface area contributed by atoms with Crippen LogP contribution >= 0.6 is 11.6 Å². The van der Waals surface area contributed by atoms with Gasteiger partial charge in [0, 0.05) is 18.3 Å². The van der Waals surface area contributed by atoms with Crippen LogP contribution in [0.3, 0.4) is 0 Å². The van der Waals surface area contributed by atoms with Crippen molar-refractivity contribution in [3.8, 4) is 0 Å². The second kappa shape index (κ2) is 10.8. The molecule has 1 heterocycles. The number of hydrogen-bond donors (Lipinski definition) is 2. The lowest BCUT2D eigenvalue weighted by Gasteiger charge is -2.36. The first-order chi connectivity index (χ1) is 17.9. The first-order valence-corrected chi connectivity index (χ1v) is 11.7. The highest BCUT2D eigenvalue weighted by Gasteiger charge is 2.41. The van der Waals surface area contributed by atoms with Crippen molar-refractivity contribution in [1.29, 1.82) is 0 Å². The molecule has 0 fully saturated rings. The highest BCUT2D eigenvalue weighted by molar-refractivity contribution is 6.30. The quantitative estimate of drug-likeness (QED) is 0.245. The second-order valence-electron chi connectivity index (χ2n) is 8.75. The van der Waals surface area contributed by atoms with Gasteiger partial charge in [-0.15, -0.1) is 0 Å². The first kappa shape index (κ1) is 27.1. The highest BCUT2D eigenvalue weighted by Crippen LogP contribution is 2.38. The zero-order valence-electron chi connectivity index (χ0n) is 19.9. The summed E-state index contributed by atoms with van der Waals surface area (Å²) < 4.78 is 69.6. The Bertz CT molecular complexity index is 1460. The molecule has 0 bridgehead atoms. The van der Waals surface area contributed by atoms with Crippen LogP contribution < -0.4 is 10.6 Å². The molecule has 0 saturated carbocycles. The Morgan fingerprint density at radius 1 is 0.895 bits per heavy atom. The van der Waals surface area contributed by atoms with E-state index in [0.717, 1.165) is 23.8 Å². The number of carbonyl (C=O) groups excluding carboxylic acids is 1. The summed E-state index contributed by atoms with van der Waals surface area (Å²) in [5, 5.41) is 5.45. The van der Waals surface area contributed by atoms with E-state index in [9.17, 15) is 26.7 Å². The number of pyridine rings is 1. The lowest BCUT2D eigenvalue weighted by Crippen LogP contribution is -2.50. The SMILES string of the molecule is Cc1cccc(C[C@@](NC(=O)Nc2cccc(F)c2)(c2cc(F)cc(C(F)(F)F)c2)c2ccc(Cl)cn2)c1. The van der Waals surface area contributed by atoms with Crippen LogP contribution in [0.25, 0.3) is 0 Å². The monoisotopic (exact) mass is 545 g/mol. The van der Waals surface area contributed by atoms with Gasteiger partial charge in [0.2, 0.25) is 0 Å². The van der Waals surface area contributed by atoms with Crippen LogP contribution in [0.1, 0.15) is 27.9 Å². The Kier molecular flexibility index (Phi) is 7.68. The van der Waals surface area contributed by atoms with Gasteiger partial charge in [-0.05, 0) is 66.6 Å². The van der Waals surface area contributed by atoms with Crippen molar-refractivity contribution >= 4 is 23.3 Å². The predicted molar refractivity (Wildman–Crippen MR) is 135 cm³/mol. The predicted octanol–water partition coefficient (Wildman–Crippen LogP) is 7.65. The number of aromatic nitrogens is 1. The number of anilines is 1. The number of nitrogens with one attached hydrogen (secondary N) is 2. The number of benzene rings is 3. The van der Waals surface area contributed by atoms with Gasteiger partial charge in [0.25, 0.3) is 0 Å². The molecule has 196 valence electrons. The van der Waals surface area contributed by atoms with Crippen LogP contribution in [-0.2, 0) is 18.1 Å². The molecule has 10 heteroatoms. The zero-order chi connectivity index (χ0) is 27.5. The standard InChI is InChI=1S/C28H21ClF5N3O/c1-17-4-2-5-18(10-17)15-27(25-9-8-21(29)16-35-25,19-11-20(28(32,33)34)13-23(31)12-19)37-26(38)36-24-7-3-6-22(30)14-24/h2-14,16H,15H2,1H3,(H2,36,37,38)/t27-/m1/s1. The molecule has 1 atom stereocenters. The molecule has 2 N–H and O–H groups in total. The number of urea groups is 1. The van der Waals surface area contributed by atoms with E-state index in [-0.39, 0.29) is 28.4 Å². The van der Waals surface area contributed by atoms with Crippen molar-refractivity contribution in [3.05, 3.63) is 130 Å². The van der Waals surface area contributed by atoms with Crippen molar-refractivity contribution in [3.63, 3.8) is 0 Å². The third-order valence-electron chi connectivity index (χ3n) is 5.84. The summed E-state index contributed by atoms with van der Waals surface area (Å²) in [6, 6.07) is 16.3.